The highest BCUT2D eigenvalue weighted by Gasteiger charge is 2.28. The molecule has 2 atom stereocenters. The van der Waals surface area contributed by atoms with Crippen LogP contribution in [0.4, 0.5) is 4.39 Å². The first-order chi connectivity index (χ1) is 14.6. The van der Waals surface area contributed by atoms with Gasteiger partial charge in [0.05, 0.1) is 12.6 Å². The Balaban J connectivity index is 1.51. The summed E-state index contributed by atoms with van der Waals surface area (Å²) in [7, 11) is 0. The molecule has 0 aliphatic carbocycles. The highest BCUT2D eigenvalue weighted by molar-refractivity contribution is 5.80. The van der Waals surface area contributed by atoms with Crippen LogP contribution in [0, 0.1) is 5.82 Å². The van der Waals surface area contributed by atoms with Crippen molar-refractivity contribution in [2.75, 3.05) is 19.6 Å². The normalized spacial score (nSPS) is 22.5. The molecular weight excluding hydrogens is 383 g/mol. The summed E-state index contributed by atoms with van der Waals surface area (Å²) < 4.78 is 21.7. The molecule has 1 aromatic heterocycles. The lowest BCUT2D eigenvalue weighted by atomic mass is 10.1. The van der Waals surface area contributed by atoms with E-state index in [1.165, 1.54) is 31.4 Å². The van der Waals surface area contributed by atoms with Crippen molar-refractivity contribution in [3.63, 3.8) is 0 Å². The molecule has 2 aromatic rings. The third kappa shape index (κ3) is 4.80. The third-order valence-corrected chi connectivity index (χ3v) is 5.69. The average molecular weight is 415 g/mol. The molecule has 30 heavy (non-hydrogen) atoms. The molecule has 4 rings (SSSR count). The number of guanidine groups is 1. The van der Waals surface area contributed by atoms with Crippen molar-refractivity contribution >= 4 is 5.96 Å². The second-order valence-electron chi connectivity index (χ2n) is 8.06. The smallest absolute Gasteiger partial charge is 0.194 e. The van der Waals surface area contributed by atoms with E-state index in [-0.39, 0.29) is 18.0 Å². The summed E-state index contributed by atoms with van der Waals surface area (Å²) in [5.74, 6) is 2.63. The van der Waals surface area contributed by atoms with Crippen molar-refractivity contribution in [2.24, 2.45) is 4.99 Å². The van der Waals surface area contributed by atoms with Crippen LogP contribution in [0.5, 0.6) is 0 Å². The number of fused-ring (bicyclic) bond motifs is 1. The Morgan fingerprint density at radius 1 is 1.20 bits per heavy atom. The van der Waals surface area contributed by atoms with Crippen LogP contribution in [0.15, 0.2) is 29.3 Å². The molecule has 1 N–H and O–H groups in total. The monoisotopic (exact) mass is 414 g/mol. The molecule has 1 aromatic carbocycles. The van der Waals surface area contributed by atoms with Crippen molar-refractivity contribution in [2.45, 2.75) is 64.8 Å². The maximum absolute atomic E-state index is 13.3. The maximum Gasteiger partial charge on any atom is 0.194 e. The van der Waals surface area contributed by atoms with Gasteiger partial charge in [-0.2, -0.15) is 0 Å². The summed E-state index contributed by atoms with van der Waals surface area (Å²) in [5.41, 5.74) is 0.978. The minimum atomic E-state index is -0.234. The van der Waals surface area contributed by atoms with E-state index in [2.05, 4.69) is 38.8 Å². The number of nitrogens with one attached hydrogen (secondary N) is 1. The van der Waals surface area contributed by atoms with Gasteiger partial charge in [0.25, 0.3) is 0 Å². The van der Waals surface area contributed by atoms with E-state index >= 15 is 0 Å². The Hall–Kier alpha value is -2.48. The zero-order valence-corrected chi connectivity index (χ0v) is 17.9. The topological polar surface area (TPSA) is 67.6 Å². The van der Waals surface area contributed by atoms with E-state index in [0.717, 1.165) is 49.2 Å². The number of rotatable bonds is 4. The minimum Gasteiger partial charge on any atom is -0.367 e. The number of ether oxygens (including phenoxy) is 1. The number of benzene rings is 1. The van der Waals surface area contributed by atoms with Gasteiger partial charge in [0.1, 0.15) is 24.3 Å². The second-order valence-corrected chi connectivity index (χ2v) is 8.06. The number of aryl methyl sites for hydroxylation is 1. The van der Waals surface area contributed by atoms with Crippen molar-refractivity contribution in [1.82, 2.24) is 25.0 Å². The molecule has 2 unspecified atom stereocenters. The molecule has 0 saturated carbocycles. The van der Waals surface area contributed by atoms with Gasteiger partial charge in [-0.15, -0.1) is 10.2 Å². The Kier molecular flexibility index (Phi) is 6.62. The van der Waals surface area contributed by atoms with Crippen molar-refractivity contribution < 1.29 is 9.13 Å². The lowest BCUT2D eigenvalue weighted by Gasteiger charge is -2.38. The van der Waals surface area contributed by atoms with Gasteiger partial charge in [-0.25, -0.2) is 9.38 Å². The van der Waals surface area contributed by atoms with E-state index < -0.39 is 0 Å². The number of hydrogen-bond acceptors (Lipinski definition) is 4. The first-order valence-electron chi connectivity index (χ1n) is 11.0. The van der Waals surface area contributed by atoms with E-state index in [9.17, 15) is 4.39 Å². The van der Waals surface area contributed by atoms with Crippen LogP contribution in [0.3, 0.4) is 0 Å². The van der Waals surface area contributed by atoms with Crippen LogP contribution in [-0.2, 0) is 24.2 Å². The number of nitrogens with zero attached hydrogens (tertiary/aromatic N) is 5. The summed E-state index contributed by atoms with van der Waals surface area (Å²) in [5, 5.41) is 12.2. The third-order valence-electron chi connectivity index (χ3n) is 5.69. The number of halogens is 1. The van der Waals surface area contributed by atoms with Gasteiger partial charge < -0.3 is 19.5 Å². The summed E-state index contributed by atoms with van der Waals surface area (Å²) in [4.78, 5) is 7.12. The Morgan fingerprint density at radius 2 is 2.03 bits per heavy atom. The molecule has 0 radical (unpaired) electrons. The quantitative estimate of drug-likeness (QED) is 0.615. The zero-order chi connectivity index (χ0) is 20.9. The summed E-state index contributed by atoms with van der Waals surface area (Å²) in [6.45, 7) is 7.81. The van der Waals surface area contributed by atoms with E-state index in [4.69, 9.17) is 9.73 Å². The molecule has 0 spiro atoms. The Bertz CT molecular complexity index is 865. The van der Waals surface area contributed by atoms with Crippen LogP contribution < -0.4 is 5.32 Å². The molecule has 3 heterocycles. The molecule has 2 aliphatic heterocycles. The van der Waals surface area contributed by atoms with Gasteiger partial charge in [-0.05, 0) is 44.4 Å². The summed E-state index contributed by atoms with van der Waals surface area (Å²) >= 11 is 0. The highest BCUT2D eigenvalue weighted by atomic mass is 19.1. The van der Waals surface area contributed by atoms with Gasteiger partial charge >= 0.3 is 0 Å². The number of hydrogen-bond donors (Lipinski definition) is 1. The number of morpholine rings is 1. The second kappa shape index (κ2) is 9.55. The fraction of sp³-hybridized carbons (Fsp3) is 0.591. The van der Waals surface area contributed by atoms with Crippen molar-refractivity contribution in [3.05, 3.63) is 47.3 Å². The minimum absolute atomic E-state index is 0.0435. The van der Waals surface area contributed by atoms with Crippen LogP contribution in [0.1, 0.15) is 56.4 Å². The van der Waals surface area contributed by atoms with Gasteiger partial charge in [0.15, 0.2) is 11.8 Å². The van der Waals surface area contributed by atoms with Crippen LogP contribution in [0.2, 0.25) is 0 Å². The average Bonchev–Trinajstić information content (AvgIpc) is 2.97. The predicted octanol–water partition coefficient (Wildman–Crippen LogP) is 3.07. The zero-order valence-electron chi connectivity index (χ0n) is 17.9. The molecule has 1 fully saturated rings. The number of aliphatic imine (C=N–C) groups is 1. The van der Waals surface area contributed by atoms with E-state index in [1.807, 2.05) is 0 Å². The maximum atomic E-state index is 13.3. The lowest BCUT2D eigenvalue weighted by Crippen LogP contribution is -2.50. The largest absolute Gasteiger partial charge is 0.367 e. The molecule has 8 heteroatoms. The van der Waals surface area contributed by atoms with Crippen LogP contribution in [0.25, 0.3) is 0 Å². The molecule has 0 amide bonds. The predicted molar refractivity (Wildman–Crippen MR) is 114 cm³/mol. The standard InChI is InChI=1S/C22H31FN6O/c1-3-24-22(25-13-21-27-26-20-7-5-4-6-12-29(20)21)28-14-16(2)30-19(15-28)17-8-10-18(23)11-9-17/h8-11,16,19H,3-7,12-15H2,1-2H3,(H,24,25). The lowest BCUT2D eigenvalue weighted by molar-refractivity contribution is -0.0605. The summed E-state index contributed by atoms with van der Waals surface area (Å²) in [6.07, 6.45) is 4.51. The van der Waals surface area contributed by atoms with Gasteiger partial charge in [0.2, 0.25) is 0 Å². The molecular formula is C22H31FN6O. The molecule has 0 bridgehead atoms. The fourth-order valence-corrected chi connectivity index (χ4v) is 4.22. The first kappa shape index (κ1) is 20.8. The van der Waals surface area contributed by atoms with Gasteiger partial charge in [-0.3, -0.25) is 0 Å². The van der Waals surface area contributed by atoms with Crippen molar-refractivity contribution in [3.8, 4) is 0 Å². The Morgan fingerprint density at radius 3 is 2.83 bits per heavy atom. The van der Waals surface area contributed by atoms with Gasteiger partial charge in [0, 0.05) is 26.1 Å². The fourth-order valence-electron chi connectivity index (χ4n) is 4.22. The Labute approximate surface area is 177 Å². The van der Waals surface area contributed by atoms with E-state index in [1.54, 1.807) is 12.1 Å². The molecule has 2 aliphatic rings. The van der Waals surface area contributed by atoms with E-state index in [0.29, 0.717) is 13.1 Å². The van der Waals surface area contributed by atoms with Gasteiger partial charge in [-0.1, -0.05) is 18.6 Å². The van der Waals surface area contributed by atoms with Crippen LogP contribution in [-0.4, -0.2) is 51.4 Å². The highest BCUT2D eigenvalue weighted by Crippen LogP contribution is 2.25. The van der Waals surface area contributed by atoms with Crippen molar-refractivity contribution in [1.29, 1.82) is 0 Å². The number of aromatic nitrogens is 3. The molecule has 1 saturated heterocycles. The summed E-state index contributed by atoms with van der Waals surface area (Å²) in [6, 6.07) is 6.56. The first-order valence-corrected chi connectivity index (χ1v) is 11.0. The van der Waals surface area contributed by atoms with Crippen LogP contribution >= 0.6 is 0 Å². The molecule has 162 valence electrons. The SMILES string of the molecule is CCNC(=NCc1nnc2n1CCCCC2)N1CC(C)OC(c2ccc(F)cc2)C1. The molecule has 7 nitrogen and oxygen atoms in total.